The maximum absolute atomic E-state index is 13.1. The SMILES string of the molecule is COc1cc(C(=O)N2CCCC(c3nccn3C)C2)ccc1OCCC(C)C. The number of benzene rings is 1. The van der Waals surface area contributed by atoms with Crippen molar-refractivity contribution in [2.45, 2.75) is 39.0 Å². The Morgan fingerprint density at radius 2 is 2.14 bits per heavy atom. The Balaban J connectivity index is 1.70. The Kier molecular flexibility index (Phi) is 6.60. The van der Waals surface area contributed by atoms with E-state index in [2.05, 4.69) is 18.8 Å². The topological polar surface area (TPSA) is 56.6 Å². The minimum atomic E-state index is 0.0333. The van der Waals surface area contributed by atoms with Crippen LogP contribution in [0.3, 0.4) is 0 Å². The van der Waals surface area contributed by atoms with Crippen LogP contribution in [0.5, 0.6) is 11.5 Å². The van der Waals surface area contributed by atoms with E-state index in [1.807, 2.05) is 41.0 Å². The number of imidazole rings is 1. The van der Waals surface area contributed by atoms with E-state index in [9.17, 15) is 4.79 Å². The molecule has 0 aliphatic carbocycles. The highest BCUT2D eigenvalue weighted by Gasteiger charge is 2.28. The number of carbonyl (C=O) groups is 1. The fourth-order valence-corrected chi connectivity index (χ4v) is 3.65. The summed E-state index contributed by atoms with van der Waals surface area (Å²) in [5.74, 6) is 3.22. The summed E-state index contributed by atoms with van der Waals surface area (Å²) in [5.41, 5.74) is 0.633. The Bertz CT molecular complexity index is 800. The highest BCUT2D eigenvalue weighted by molar-refractivity contribution is 5.95. The molecule has 2 heterocycles. The van der Waals surface area contributed by atoms with Crippen LogP contribution in [0.1, 0.15) is 55.2 Å². The van der Waals surface area contributed by atoms with Crippen LogP contribution in [0.15, 0.2) is 30.6 Å². The smallest absolute Gasteiger partial charge is 0.254 e. The number of aryl methyl sites for hydroxylation is 1. The van der Waals surface area contributed by atoms with Gasteiger partial charge in [0.1, 0.15) is 5.82 Å². The fourth-order valence-electron chi connectivity index (χ4n) is 3.65. The van der Waals surface area contributed by atoms with Gasteiger partial charge in [-0.1, -0.05) is 13.8 Å². The fraction of sp³-hybridized carbons (Fsp3) is 0.545. The van der Waals surface area contributed by atoms with Gasteiger partial charge in [0.05, 0.1) is 13.7 Å². The normalized spacial score (nSPS) is 17.0. The van der Waals surface area contributed by atoms with Crippen molar-refractivity contribution in [2.24, 2.45) is 13.0 Å². The van der Waals surface area contributed by atoms with Crippen molar-refractivity contribution in [1.29, 1.82) is 0 Å². The van der Waals surface area contributed by atoms with E-state index in [1.54, 1.807) is 13.2 Å². The predicted molar refractivity (Wildman–Crippen MR) is 109 cm³/mol. The molecule has 1 aliphatic rings. The molecule has 1 aromatic heterocycles. The Morgan fingerprint density at radius 3 is 2.82 bits per heavy atom. The third-order valence-corrected chi connectivity index (χ3v) is 5.30. The van der Waals surface area contributed by atoms with Crippen LogP contribution in [0.25, 0.3) is 0 Å². The molecule has 1 unspecified atom stereocenters. The molecule has 1 amide bonds. The van der Waals surface area contributed by atoms with Gasteiger partial charge in [0.15, 0.2) is 11.5 Å². The first kappa shape index (κ1) is 20.2. The van der Waals surface area contributed by atoms with Crippen LogP contribution < -0.4 is 9.47 Å². The third kappa shape index (κ3) is 4.66. The van der Waals surface area contributed by atoms with Crippen molar-refractivity contribution >= 4 is 5.91 Å². The molecule has 1 aliphatic heterocycles. The minimum absolute atomic E-state index is 0.0333. The van der Waals surface area contributed by atoms with Crippen molar-refractivity contribution < 1.29 is 14.3 Å². The number of piperidine rings is 1. The zero-order chi connectivity index (χ0) is 20.1. The summed E-state index contributed by atoms with van der Waals surface area (Å²) in [6, 6.07) is 5.46. The van der Waals surface area contributed by atoms with Gasteiger partial charge in [-0.15, -0.1) is 0 Å². The summed E-state index contributed by atoms with van der Waals surface area (Å²) in [6.07, 6.45) is 6.79. The Labute approximate surface area is 167 Å². The summed E-state index contributed by atoms with van der Waals surface area (Å²) in [7, 11) is 3.61. The average Bonchev–Trinajstić information content (AvgIpc) is 3.13. The quantitative estimate of drug-likeness (QED) is 0.726. The van der Waals surface area contributed by atoms with Gasteiger partial charge in [-0.05, 0) is 43.4 Å². The zero-order valence-electron chi connectivity index (χ0n) is 17.4. The van der Waals surface area contributed by atoms with Gasteiger partial charge < -0.3 is 18.9 Å². The molecule has 0 saturated carbocycles. The number of rotatable bonds is 7. The molecular weight excluding hydrogens is 354 g/mol. The van der Waals surface area contributed by atoms with Gasteiger partial charge in [-0.2, -0.15) is 0 Å². The lowest BCUT2D eigenvalue weighted by Gasteiger charge is -2.32. The van der Waals surface area contributed by atoms with Gasteiger partial charge in [0, 0.05) is 44.0 Å². The van der Waals surface area contributed by atoms with E-state index >= 15 is 0 Å². The molecule has 3 rings (SSSR count). The lowest BCUT2D eigenvalue weighted by molar-refractivity contribution is 0.0703. The summed E-state index contributed by atoms with van der Waals surface area (Å²) >= 11 is 0. The van der Waals surface area contributed by atoms with Gasteiger partial charge in [0.25, 0.3) is 5.91 Å². The second-order valence-electron chi connectivity index (χ2n) is 7.88. The number of aromatic nitrogens is 2. The van der Waals surface area contributed by atoms with Crippen molar-refractivity contribution in [3.05, 3.63) is 42.0 Å². The summed E-state index contributed by atoms with van der Waals surface area (Å²) in [5, 5.41) is 0. The highest BCUT2D eigenvalue weighted by Crippen LogP contribution is 2.31. The van der Waals surface area contributed by atoms with E-state index in [-0.39, 0.29) is 11.8 Å². The molecular formula is C22H31N3O3. The molecule has 0 radical (unpaired) electrons. The Morgan fingerprint density at radius 1 is 1.32 bits per heavy atom. The van der Waals surface area contributed by atoms with Gasteiger partial charge >= 0.3 is 0 Å². The molecule has 28 heavy (non-hydrogen) atoms. The molecule has 0 bridgehead atoms. The van der Waals surface area contributed by atoms with Crippen LogP contribution >= 0.6 is 0 Å². The van der Waals surface area contributed by atoms with Crippen molar-refractivity contribution in [3.63, 3.8) is 0 Å². The largest absolute Gasteiger partial charge is 0.493 e. The van der Waals surface area contributed by atoms with E-state index in [0.717, 1.165) is 31.6 Å². The van der Waals surface area contributed by atoms with Gasteiger partial charge in [-0.25, -0.2) is 4.98 Å². The minimum Gasteiger partial charge on any atom is -0.493 e. The number of hydrogen-bond donors (Lipinski definition) is 0. The van der Waals surface area contributed by atoms with E-state index in [0.29, 0.717) is 36.1 Å². The summed E-state index contributed by atoms with van der Waals surface area (Å²) in [4.78, 5) is 19.5. The number of carbonyl (C=O) groups excluding carboxylic acids is 1. The zero-order valence-corrected chi connectivity index (χ0v) is 17.4. The van der Waals surface area contributed by atoms with Crippen molar-refractivity contribution in [1.82, 2.24) is 14.5 Å². The number of hydrogen-bond acceptors (Lipinski definition) is 4. The third-order valence-electron chi connectivity index (χ3n) is 5.30. The predicted octanol–water partition coefficient (Wildman–Crippen LogP) is 3.87. The standard InChI is InChI=1S/C22H31N3O3/c1-16(2)9-13-28-19-8-7-17(14-20(19)27-4)22(26)25-11-5-6-18(15-25)21-23-10-12-24(21)3/h7-8,10,12,14,16,18H,5-6,9,11,13,15H2,1-4H3. The molecule has 1 fully saturated rings. The lowest BCUT2D eigenvalue weighted by Crippen LogP contribution is -2.39. The molecule has 1 saturated heterocycles. The molecule has 0 spiro atoms. The second-order valence-corrected chi connectivity index (χ2v) is 7.88. The first-order valence-electron chi connectivity index (χ1n) is 10.1. The number of methoxy groups -OCH3 is 1. The number of nitrogens with zero attached hydrogens (tertiary/aromatic N) is 3. The molecule has 6 nitrogen and oxygen atoms in total. The van der Waals surface area contributed by atoms with Crippen LogP contribution in [0.2, 0.25) is 0 Å². The number of likely N-dealkylation sites (tertiary alicyclic amines) is 1. The van der Waals surface area contributed by atoms with Gasteiger partial charge in [0.2, 0.25) is 0 Å². The summed E-state index contributed by atoms with van der Waals surface area (Å²) < 4.78 is 13.4. The van der Waals surface area contributed by atoms with E-state index < -0.39 is 0 Å². The Hall–Kier alpha value is -2.50. The molecule has 1 atom stereocenters. The average molecular weight is 386 g/mol. The van der Waals surface area contributed by atoms with Crippen LogP contribution in [0, 0.1) is 5.92 Å². The first-order chi connectivity index (χ1) is 13.5. The molecule has 6 heteroatoms. The van der Waals surface area contributed by atoms with Gasteiger partial charge in [-0.3, -0.25) is 4.79 Å². The first-order valence-corrected chi connectivity index (χ1v) is 10.1. The van der Waals surface area contributed by atoms with E-state index in [4.69, 9.17) is 9.47 Å². The van der Waals surface area contributed by atoms with Crippen LogP contribution in [-0.4, -0.2) is 47.2 Å². The van der Waals surface area contributed by atoms with E-state index in [1.165, 1.54) is 0 Å². The summed E-state index contributed by atoms with van der Waals surface area (Å²) in [6.45, 7) is 6.44. The highest BCUT2D eigenvalue weighted by atomic mass is 16.5. The molecule has 1 aromatic carbocycles. The maximum Gasteiger partial charge on any atom is 0.254 e. The maximum atomic E-state index is 13.1. The van der Waals surface area contributed by atoms with Crippen molar-refractivity contribution in [3.8, 4) is 11.5 Å². The van der Waals surface area contributed by atoms with Crippen LogP contribution in [-0.2, 0) is 7.05 Å². The molecule has 0 N–H and O–H groups in total. The second kappa shape index (κ2) is 9.13. The number of ether oxygens (including phenoxy) is 2. The lowest BCUT2D eigenvalue weighted by atomic mass is 9.96. The molecule has 2 aromatic rings. The molecule has 152 valence electrons. The van der Waals surface area contributed by atoms with Crippen molar-refractivity contribution in [2.75, 3.05) is 26.8 Å². The monoisotopic (exact) mass is 385 g/mol. The van der Waals surface area contributed by atoms with Crippen LogP contribution in [0.4, 0.5) is 0 Å². The number of amides is 1.